The van der Waals surface area contributed by atoms with Crippen LogP contribution < -0.4 is 0 Å². The summed E-state index contributed by atoms with van der Waals surface area (Å²) in [5.41, 5.74) is 0.452. The minimum absolute atomic E-state index is 0.452. The van der Waals surface area contributed by atoms with Gasteiger partial charge in [0.15, 0.2) is 0 Å². The molecule has 0 spiro atoms. The molecule has 0 aromatic heterocycles. The molecule has 0 heterocycles. The van der Waals surface area contributed by atoms with Crippen molar-refractivity contribution in [3.05, 3.63) is 12.2 Å². The van der Waals surface area contributed by atoms with Gasteiger partial charge in [-0.1, -0.05) is 47.8 Å². The van der Waals surface area contributed by atoms with Crippen molar-refractivity contribution in [1.29, 1.82) is 0 Å². The molecule has 1 nitrogen and oxygen atoms in total. The second-order valence-corrected chi connectivity index (χ2v) is 6.60. The second kappa shape index (κ2) is 6.38. The van der Waals surface area contributed by atoms with Gasteiger partial charge < -0.3 is 4.74 Å². The normalized spacial score (nSPS) is 31.9. The smallest absolute Gasteiger partial charge is 0.0530 e. The Morgan fingerprint density at radius 3 is 2.59 bits per heavy atom. The molecule has 17 heavy (non-hydrogen) atoms. The van der Waals surface area contributed by atoms with Gasteiger partial charge in [-0.3, -0.25) is 0 Å². The van der Waals surface area contributed by atoms with Crippen molar-refractivity contribution in [2.75, 3.05) is 18.5 Å². The van der Waals surface area contributed by atoms with Crippen LogP contribution in [0.15, 0.2) is 12.2 Å². The lowest BCUT2D eigenvalue weighted by molar-refractivity contribution is 0.0261. The molecule has 0 aliphatic heterocycles. The number of alkyl halides is 1. The third-order valence-electron chi connectivity index (χ3n) is 4.61. The Kier molecular flexibility index (Phi) is 5.10. The zero-order valence-corrected chi connectivity index (χ0v) is 12.5. The molecule has 0 amide bonds. The highest BCUT2D eigenvalue weighted by molar-refractivity contribution is 9.09. The number of ether oxygens (including phenoxy) is 1. The molecule has 0 aromatic carbocycles. The van der Waals surface area contributed by atoms with Gasteiger partial charge in [0.2, 0.25) is 0 Å². The minimum atomic E-state index is 0.452. The largest absolute Gasteiger partial charge is 0.381 e. The molecule has 0 saturated heterocycles. The number of hydrogen-bond acceptors (Lipinski definition) is 1. The highest BCUT2D eigenvalue weighted by atomic mass is 79.9. The maximum atomic E-state index is 6.06. The average molecular weight is 301 g/mol. The fraction of sp³-hybridized carbons (Fsp3) is 0.867. The summed E-state index contributed by atoms with van der Waals surface area (Å²) in [7, 11) is 0. The van der Waals surface area contributed by atoms with Gasteiger partial charge in [0.05, 0.1) is 6.61 Å². The molecule has 0 N–H and O–H groups in total. The van der Waals surface area contributed by atoms with E-state index < -0.39 is 0 Å². The lowest BCUT2D eigenvalue weighted by Gasteiger charge is -2.29. The van der Waals surface area contributed by atoms with Gasteiger partial charge in [-0.25, -0.2) is 0 Å². The first kappa shape index (κ1) is 13.6. The molecule has 2 atom stereocenters. The number of hydrogen-bond donors (Lipinski definition) is 0. The molecule has 0 aromatic rings. The van der Waals surface area contributed by atoms with Crippen molar-refractivity contribution in [2.45, 2.75) is 45.4 Å². The van der Waals surface area contributed by atoms with Crippen molar-refractivity contribution >= 4 is 15.9 Å². The molecule has 2 rings (SSSR count). The van der Waals surface area contributed by atoms with Crippen LogP contribution >= 0.6 is 15.9 Å². The van der Waals surface area contributed by atoms with E-state index in [0.29, 0.717) is 5.41 Å². The van der Waals surface area contributed by atoms with E-state index in [-0.39, 0.29) is 0 Å². The number of rotatable bonds is 5. The summed E-state index contributed by atoms with van der Waals surface area (Å²) in [5.74, 6) is 1.54. The van der Waals surface area contributed by atoms with Crippen LogP contribution in [-0.4, -0.2) is 18.5 Å². The van der Waals surface area contributed by atoms with Crippen LogP contribution in [0.2, 0.25) is 0 Å². The molecule has 0 radical (unpaired) electrons. The quantitative estimate of drug-likeness (QED) is 0.534. The van der Waals surface area contributed by atoms with Crippen LogP contribution in [0.5, 0.6) is 0 Å². The van der Waals surface area contributed by atoms with Gasteiger partial charge in [-0.05, 0) is 37.5 Å². The summed E-state index contributed by atoms with van der Waals surface area (Å²) in [6.45, 7) is 4.28. The Morgan fingerprint density at radius 1 is 1.24 bits per heavy atom. The second-order valence-electron chi connectivity index (χ2n) is 6.04. The summed E-state index contributed by atoms with van der Waals surface area (Å²) in [4.78, 5) is 0. The van der Waals surface area contributed by atoms with E-state index in [1.807, 2.05) is 0 Å². The highest BCUT2D eigenvalue weighted by Gasteiger charge is 2.33. The average Bonchev–Trinajstić information content (AvgIpc) is 2.81. The van der Waals surface area contributed by atoms with Gasteiger partial charge in [0.1, 0.15) is 0 Å². The third-order valence-corrected chi connectivity index (χ3v) is 5.80. The lowest BCUT2D eigenvalue weighted by Crippen LogP contribution is -2.28. The highest BCUT2D eigenvalue weighted by Crippen LogP contribution is 2.40. The molecule has 98 valence electrons. The van der Waals surface area contributed by atoms with E-state index in [1.54, 1.807) is 0 Å². The Labute approximate surface area is 114 Å². The standard InChI is InChI=1S/C15H25BrO/c1-13-6-2-3-7-14(13)10-17-12-15(11-16)8-4-5-9-15/h2-3,13-14H,4-12H2,1H3. The zero-order chi connectivity index (χ0) is 12.1. The van der Waals surface area contributed by atoms with Gasteiger partial charge in [0.25, 0.3) is 0 Å². The van der Waals surface area contributed by atoms with Crippen molar-refractivity contribution in [3.8, 4) is 0 Å². The molecule has 0 bridgehead atoms. The summed E-state index contributed by atoms with van der Waals surface area (Å²) in [6.07, 6.45) is 12.5. The van der Waals surface area contributed by atoms with E-state index in [1.165, 1.54) is 38.5 Å². The maximum Gasteiger partial charge on any atom is 0.0530 e. The predicted molar refractivity (Wildman–Crippen MR) is 76.5 cm³/mol. The summed E-state index contributed by atoms with van der Waals surface area (Å²) in [5, 5.41) is 1.11. The fourth-order valence-corrected chi connectivity index (χ4v) is 3.83. The number of allylic oxidation sites excluding steroid dienone is 2. The fourth-order valence-electron chi connectivity index (χ4n) is 3.11. The van der Waals surface area contributed by atoms with Crippen LogP contribution in [0.4, 0.5) is 0 Å². The molecule has 2 aliphatic rings. The van der Waals surface area contributed by atoms with Crippen LogP contribution in [-0.2, 0) is 4.74 Å². The maximum absolute atomic E-state index is 6.06. The van der Waals surface area contributed by atoms with Crippen molar-refractivity contribution in [2.24, 2.45) is 17.3 Å². The Hall–Kier alpha value is 0.180. The Bertz CT molecular complexity index is 256. The van der Waals surface area contributed by atoms with Crippen molar-refractivity contribution < 1.29 is 4.74 Å². The molecule has 1 fully saturated rings. The first-order valence-corrected chi connectivity index (χ1v) is 8.17. The van der Waals surface area contributed by atoms with Crippen LogP contribution in [0.3, 0.4) is 0 Å². The first-order valence-electron chi connectivity index (χ1n) is 7.04. The molecule has 2 unspecified atom stereocenters. The SMILES string of the molecule is CC1CC=CCC1COCC1(CBr)CCCC1. The van der Waals surface area contributed by atoms with E-state index >= 15 is 0 Å². The molecule has 2 heteroatoms. The summed E-state index contributed by atoms with van der Waals surface area (Å²) in [6, 6.07) is 0. The van der Waals surface area contributed by atoms with Gasteiger partial charge >= 0.3 is 0 Å². The molecular formula is C15H25BrO. The Morgan fingerprint density at radius 2 is 1.94 bits per heavy atom. The number of halogens is 1. The van der Waals surface area contributed by atoms with Crippen LogP contribution in [0.1, 0.15) is 45.4 Å². The topological polar surface area (TPSA) is 9.23 Å². The van der Waals surface area contributed by atoms with E-state index in [2.05, 4.69) is 35.0 Å². The first-order chi connectivity index (χ1) is 8.26. The van der Waals surface area contributed by atoms with Crippen molar-refractivity contribution in [1.82, 2.24) is 0 Å². The molecule has 2 aliphatic carbocycles. The summed E-state index contributed by atoms with van der Waals surface area (Å²) < 4.78 is 6.06. The Balaban J connectivity index is 1.73. The van der Waals surface area contributed by atoms with Crippen molar-refractivity contribution in [3.63, 3.8) is 0 Å². The minimum Gasteiger partial charge on any atom is -0.381 e. The monoisotopic (exact) mass is 300 g/mol. The van der Waals surface area contributed by atoms with Crippen LogP contribution in [0, 0.1) is 17.3 Å². The van der Waals surface area contributed by atoms with Crippen LogP contribution in [0.25, 0.3) is 0 Å². The van der Waals surface area contributed by atoms with E-state index in [9.17, 15) is 0 Å². The summed E-state index contributed by atoms with van der Waals surface area (Å²) >= 11 is 3.68. The van der Waals surface area contributed by atoms with E-state index in [0.717, 1.165) is 30.4 Å². The molecular weight excluding hydrogens is 276 g/mol. The van der Waals surface area contributed by atoms with Gasteiger partial charge in [-0.2, -0.15) is 0 Å². The predicted octanol–water partition coefficient (Wildman–Crippen LogP) is 4.56. The lowest BCUT2D eigenvalue weighted by atomic mass is 9.85. The van der Waals surface area contributed by atoms with Gasteiger partial charge in [0, 0.05) is 17.4 Å². The third kappa shape index (κ3) is 3.57. The zero-order valence-electron chi connectivity index (χ0n) is 11.0. The van der Waals surface area contributed by atoms with E-state index in [4.69, 9.17) is 4.74 Å². The van der Waals surface area contributed by atoms with Gasteiger partial charge in [-0.15, -0.1) is 0 Å². The molecule has 1 saturated carbocycles.